The molecule has 0 N–H and O–H groups in total. The molecule has 21 heavy (non-hydrogen) atoms. The number of fused-ring (bicyclic) bond motifs is 1. The molecule has 0 fully saturated rings. The number of nitrogens with zero attached hydrogens (tertiary/aromatic N) is 4. The Balaban J connectivity index is 2.07. The average Bonchev–Trinajstić information content (AvgIpc) is 2.90. The van der Waals surface area contributed by atoms with Crippen molar-refractivity contribution in [1.82, 2.24) is 19.6 Å². The highest BCUT2D eigenvalue weighted by atomic mass is 35.5. The van der Waals surface area contributed by atoms with Crippen molar-refractivity contribution < 1.29 is 9.53 Å². The van der Waals surface area contributed by atoms with Gasteiger partial charge in [-0.3, -0.25) is 4.79 Å². The summed E-state index contributed by atoms with van der Waals surface area (Å²) in [5.41, 5.74) is 1.75. The summed E-state index contributed by atoms with van der Waals surface area (Å²) in [6.07, 6.45) is 1.66. The van der Waals surface area contributed by atoms with E-state index < -0.39 is 0 Å². The number of hydrogen-bond acceptors (Lipinski definition) is 5. The van der Waals surface area contributed by atoms with Crippen molar-refractivity contribution in [3.63, 3.8) is 0 Å². The number of aromatic nitrogens is 4. The minimum absolute atomic E-state index is 0.0138. The van der Waals surface area contributed by atoms with Crippen LogP contribution in [0.4, 0.5) is 0 Å². The molecule has 3 aromatic rings. The number of methoxy groups -OCH3 is 1. The Bertz CT molecular complexity index is 798. The Hall–Kier alpha value is -2.47. The molecule has 106 valence electrons. The molecule has 0 aliphatic heterocycles. The van der Waals surface area contributed by atoms with E-state index in [9.17, 15) is 4.79 Å². The first-order valence-corrected chi connectivity index (χ1v) is 6.58. The third kappa shape index (κ3) is 2.71. The molecule has 0 unspecified atom stereocenters. The molecule has 2 aromatic heterocycles. The summed E-state index contributed by atoms with van der Waals surface area (Å²) in [4.78, 5) is 19.7. The first kappa shape index (κ1) is 13.5. The van der Waals surface area contributed by atoms with Crippen LogP contribution in [-0.4, -0.2) is 32.7 Å². The Labute approximate surface area is 125 Å². The summed E-state index contributed by atoms with van der Waals surface area (Å²) in [6.45, 7) is 0. The summed E-state index contributed by atoms with van der Waals surface area (Å²) < 4.78 is 6.21. The molecule has 0 amide bonds. The van der Waals surface area contributed by atoms with Gasteiger partial charge in [0.25, 0.3) is 5.78 Å². The molecule has 0 saturated carbocycles. The molecule has 0 spiro atoms. The van der Waals surface area contributed by atoms with Crippen LogP contribution in [-0.2, 0) is 16.0 Å². The lowest BCUT2D eigenvalue weighted by Gasteiger charge is -2.03. The average molecular weight is 303 g/mol. The van der Waals surface area contributed by atoms with E-state index in [1.165, 1.54) is 7.11 Å². The van der Waals surface area contributed by atoms with Crippen molar-refractivity contribution in [3.8, 4) is 11.3 Å². The van der Waals surface area contributed by atoms with Crippen LogP contribution in [0.25, 0.3) is 17.0 Å². The minimum atomic E-state index is -0.390. The lowest BCUT2D eigenvalue weighted by atomic mass is 10.1. The molecule has 0 saturated heterocycles. The van der Waals surface area contributed by atoms with Gasteiger partial charge < -0.3 is 4.74 Å². The predicted octanol–water partition coefficient (Wildman–Crippen LogP) is 2.16. The monoisotopic (exact) mass is 302 g/mol. The van der Waals surface area contributed by atoms with Crippen LogP contribution in [0.2, 0.25) is 5.02 Å². The molecule has 0 bridgehead atoms. The van der Waals surface area contributed by atoms with E-state index in [0.717, 1.165) is 11.3 Å². The van der Waals surface area contributed by atoms with Gasteiger partial charge in [-0.2, -0.15) is 9.50 Å². The Morgan fingerprint density at radius 1 is 1.29 bits per heavy atom. The van der Waals surface area contributed by atoms with Crippen molar-refractivity contribution in [2.75, 3.05) is 7.11 Å². The van der Waals surface area contributed by atoms with Gasteiger partial charge >= 0.3 is 5.97 Å². The first-order chi connectivity index (χ1) is 10.2. The standard InChI is InChI=1S/C14H11ClN4O2/c1-21-13(20)8-12-17-14-16-7-6-11(19(14)18-12)9-2-4-10(15)5-3-9/h2-7H,8H2,1H3. The van der Waals surface area contributed by atoms with E-state index in [1.54, 1.807) is 22.8 Å². The van der Waals surface area contributed by atoms with Crippen LogP contribution in [0.3, 0.4) is 0 Å². The van der Waals surface area contributed by atoms with E-state index >= 15 is 0 Å². The number of rotatable bonds is 3. The largest absolute Gasteiger partial charge is 0.469 e. The molecule has 6 nitrogen and oxygen atoms in total. The SMILES string of the molecule is COC(=O)Cc1nc2nccc(-c3ccc(Cl)cc3)n2n1. The van der Waals surface area contributed by atoms with Gasteiger partial charge in [0.2, 0.25) is 0 Å². The molecular formula is C14H11ClN4O2. The molecule has 0 radical (unpaired) electrons. The summed E-state index contributed by atoms with van der Waals surface area (Å²) >= 11 is 5.90. The second-order valence-electron chi connectivity index (χ2n) is 4.33. The van der Waals surface area contributed by atoms with Crippen molar-refractivity contribution in [3.05, 3.63) is 47.4 Å². The maximum Gasteiger partial charge on any atom is 0.313 e. The smallest absolute Gasteiger partial charge is 0.313 e. The summed E-state index contributed by atoms with van der Waals surface area (Å²) in [5, 5.41) is 4.97. The zero-order valence-electron chi connectivity index (χ0n) is 11.2. The molecular weight excluding hydrogens is 292 g/mol. The lowest BCUT2D eigenvalue weighted by molar-refractivity contribution is -0.139. The molecule has 2 heterocycles. The summed E-state index contributed by atoms with van der Waals surface area (Å²) in [7, 11) is 1.33. The maximum atomic E-state index is 11.3. The predicted molar refractivity (Wildman–Crippen MR) is 76.9 cm³/mol. The number of benzene rings is 1. The second-order valence-corrected chi connectivity index (χ2v) is 4.77. The first-order valence-electron chi connectivity index (χ1n) is 6.21. The third-order valence-corrected chi connectivity index (χ3v) is 3.21. The maximum absolute atomic E-state index is 11.3. The number of carbonyl (C=O) groups excluding carboxylic acids is 1. The van der Waals surface area contributed by atoms with E-state index in [1.807, 2.05) is 18.2 Å². The number of halogens is 1. The zero-order valence-corrected chi connectivity index (χ0v) is 11.9. The quantitative estimate of drug-likeness (QED) is 0.693. The van der Waals surface area contributed by atoms with Gasteiger partial charge in [-0.05, 0) is 18.2 Å². The Morgan fingerprint density at radius 3 is 2.76 bits per heavy atom. The highest BCUT2D eigenvalue weighted by Crippen LogP contribution is 2.21. The van der Waals surface area contributed by atoms with E-state index in [0.29, 0.717) is 16.6 Å². The summed E-state index contributed by atoms with van der Waals surface area (Å²) in [5.74, 6) is 0.413. The van der Waals surface area contributed by atoms with E-state index in [2.05, 4.69) is 19.8 Å². The van der Waals surface area contributed by atoms with Crippen LogP contribution in [0.15, 0.2) is 36.5 Å². The Morgan fingerprint density at radius 2 is 2.05 bits per heavy atom. The third-order valence-electron chi connectivity index (χ3n) is 2.95. The molecule has 0 aliphatic carbocycles. The van der Waals surface area contributed by atoms with Gasteiger partial charge in [0.05, 0.1) is 12.8 Å². The molecule has 7 heteroatoms. The number of carbonyl (C=O) groups is 1. The number of esters is 1. The van der Waals surface area contributed by atoms with E-state index in [4.69, 9.17) is 11.6 Å². The second kappa shape index (κ2) is 5.49. The van der Waals surface area contributed by atoms with Gasteiger partial charge in [-0.25, -0.2) is 4.98 Å². The normalized spacial score (nSPS) is 10.8. The Kier molecular flexibility index (Phi) is 3.53. The van der Waals surface area contributed by atoms with Crippen LogP contribution in [0.1, 0.15) is 5.82 Å². The fourth-order valence-electron chi connectivity index (χ4n) is 1.95. The van der Waals surface area contributed by atoms with E-state index in [-0.39, 0.29) is 12.4 Å². The van der Waals surface area contributed by atoms with Crippen molar-refractivity contribution in [2.24, 2.45) is 0 Å². The fraction of sp³-hybridized carbons (Fsp3) is 0.143. The highest BCUT2D eigenvalue weighted by Gasteiger charge is 2.12. The molecule has 0 aliphatic rings. The van der Waals surface area contributed by atoms with Crippen molar-refractivity contribution in [2.45, 2.75) is 6.42 Å². The number of ether oxygens (including phenoxy) is 1. The van der Waals surface area contributed by atoms with Crippen molar-refractivity contribution >= 4 is 23.3 Å². The minimum Gasteiger partial charge on any atom is -0.469 e. The zero-order chi connectivity index (χ0) is 14.8. The molecule has 1 aromatic carbocycles. The van der Waals surface area contributed by atoms with Crippen LogP contribution < -0.4 is 0 Å². The fourth-order valence-corrected chi connectivity index (χ4v) is 2.08. The molecule has 3 rings (SSSR count). The number of hydrogen-bond donors (Lipinski definition) is 0. The van der Waals surface area contributed by atoms with Crippen LogP contribution in [0, 0.1) is 0 Å². The van der Waals surface area contributed by atoms with Gasteiger partial charge in [0.15, 0.2) is 5.82 Å². The highest BCUT2D eigenvalue weighted by molar-refractivity contribution is 6.30. The van der Waals surface area contributed by atoms with Gasteiger partial charge in [-0.1, -0.05) is 23.7 Å². The lowest BCUT2D eigenvalue weighted by Crippen LogP contribution is -2.06. The van der Waals surface area contributed by atoms with Crippen molar-refractivity contribution in [1.29, 1.82) is 0 Å². The van der Waals surface area contributed by atoms with Crippen LogP contribution >= 0.6 is 11.6 Å². The van der Waals surface area contributed by atoms with Gasteiger partial charge in [-0.15, -0.1) is 5.10 Å². The summed E-state index contributed by atoms with van der Waals surface area (Å²) in [6, 6.07) is 9.20. The van der Waals surface area contributed by atoms with Gasteiger partial charge in [0.1, 0.15) is 6.42 Å². The topological polar surface area (TPSA) is 69.4 Å². The molecule has 0 atom stereocenters. The van der Waals surface area contributed by atoms with Crippen LogP contribution in [0.5, 0.6) is 0 Å². The van der Waals surface area contributed by atoms with Gasteiger partial charge in [0, 0.05) is 16.8 Å².